The van der Waals surface area contributed by atoms with Crippen molar-refractivity contribution in [2.75, 3.05) is 11.9 Å². The molecular weight excluding hydrogens is 260 g/mol. The van der Waals surface area contributed by atoms with Crippen LogP contribution in [-0.4, -0.2) is 12.5 Å². The molecule has 0 aliphatic rings. The minimum absolute atomic E-state index is 0.0803. The summed E-state index contributed by atoms with van der Waals surface area (Å²) in [6.45, 7) is 7.12. The molecule has 3 heteroatoms. The molecule has 1 amide bonds. The molecule has 1 unspecified atom stereocenters. The van der Waals surface area contributed by atoms with E-state index in [0.717, 1.165) is 17.8 Å². The Morgan fingerprint density at radius 3 is 2.52 bits per heavy atom. The van der Waals surface area contributed by atoms with E-state index in [0.29, 0.717) is 5.56 Å². The molecule has 0 bridgehead atoms. The van der Waals surface area contributed by atoms with E-state index in [1.807, 2.05) is 49.4 Å². The summed E-state index contributed by atoms with van der Waals surface area (Å²) in [6.07, 6.45) is 0. The number of carbonyl (C=O) groups excluding carboxylic acids is 1. The number of amides is 1. The molecule has 0 saturated carbocycles. The second-order valence-corrected chi connectivity index (χ2v) is 5.22. The fourth-order valence-corrected chi connectivity index (χ4v) is 2.22. The topological polar surface area (TPSA) is 41.1 Å². The van der Waals surface area contributed by atoms with Gasteiger partial charge in [0, 0.05) is 17.3 Å². The lowest BCUT2D eigenvalue weighted by atomic mass is 10.1. The van der Waals surface area contributed by atoms with Crippen molar-refractivity contribution in [3.05, 3.63) is 65.2 Å². The minimum atomic E-state index is -0.0803. The van der Waals surface area contributed by atoms with Gasteiger partial charge in [0.1, 0.15) is 0 Å². The van der Waals surface area contributed by atoms with E-state index in [1.165, 1.54) is 5.56 Å². The first-order chi connectivity index (χ1) is 10.1. The van der Waals surface area contributed by atoms with Crippen LogP contribution in [0.4, 0.5) is 5.69 Å². The lowest BCUT2D eigenvalue weighted by Crippen LogP contribution is -2.18. The highest BCUT2D eigenvalue weighted by atomic mass is 16.1. The monoisotopic (exact) mass is 282 g/mol. The predicted octanol–water partition coefficient (Wildman–Crippen LogP) is 3.92. The quantitative estimate of drug-likeness (QED) is 0.872. The van der Waals surface area contributed by atoms with Gasteiger partial charge < -0.3 is 10.6 Å². The third-order valence-electron chi connectivity index (χ3n) is 3.47. The zero-order chi connectivity index (χ0) is 15.2. The van der Waals surface area contributed by atoms with E-state index in [1.54, 1.807) is 0 Å². The number of anilines is 1. The number of aryl methyl sites for hydroxylation is 1. The maximum absolute atomic E-state index is 12.2. The molecule has 2 aromatic carbocycles. The summed E-state index contributed by atoms with van der Waals surface area (Å²) >= 11 is 0. The van der Waals surface area contributed by atoms with Gasteiger partial charge in [-0.15, -0.1) is 0 Å². The summed E-state index contributed by atoms with van der Waals surface area (Å²) in [5.41, 5.74) is 3.81. The Morgan fingerprint density at radius 1 is 1.14 bits per heavy atom. The van der Waals surface area contributed by atoms with Crippen molar-refractivity contribution < 1.29 is 4.79 Å². The van der Waals surface area contributed by atoms with Crippen molar-refractivity contribution >= 4 is 11.6 Å². The summed E-state index contributed by atoms with van der Waals surface area (Å²) < 4.78 is 0. The molecule has 0 fully saturated rings. The molecule has 2 rings (SSSR count). The van der Waals surface area contributed by atoms with Crippen molar-refractivity contribution in [2.24, 2.45) is 0 Å². The van der Waals surface area contributed by atoms with Crippen LogP contribution in [-0.2, 0) is 0 Å². The van der Waals surface area contributed by atoms with Gasteiger partial charge in [0.2, 0.25) is 0 Å². The maximum Gasteiger partial charge on any atom is 0.255 e. The average Bonchev–Trinajstić information content (AvgIpc) is 2.48. The van der Waals surface area contributed by atoms with Crippen LogP contribution in [0.3, 0.4) is 0 Å². The molecule has 0 spiro atoms. The van der Waals surface area contributed by atoms with Crippen LogP contribution < -0.4 is 10.6 Å². The van der Waals surface area contributed by atoms with Gasteiger partial charge in [0.25, 0.3) is 5.91 Å². The molecule has 110 valence electrons. The zero-order valence-corrected chi connectivity index (χ0v) is 12.8. The molecule has 2 aromatic rings. The van der Waals surface area contributed by atoms with Gasteiger partial charge in [-0.1, -0.05) is 36.8 Å². The first-order valence-corrected chi connectivity index (χ1v) is 7.31. The number of benzene rings is 2. The molecule has 0 aromatic heterocycles. The van der Waals surface area contributed by atoms with E-state index >= 15 is 0 Å². The summed E-state index contributed by atoms with van der Waals surface area (Å²) in [4.78, 5) is 12.2. The molecule has 0 heterocycles. The van der Waals surface area contributed by atoms with Gasteiger partial charge in [0.15, 0.2) is 0 Å². The van der Waals surface area contributed by atoms with Gasteiger partial charge in [-0.2, -0.15) is 0 Å². The van der Waals surface area contributed by atoms with Crippen molar-refractivity contribution in [2.45, 2.75) is 26.8 Å². The number of nitrogens with one attached hydrogen (secondary N) is 2. The maximum atomic E-state index is 12.2. The average molecular weight is 282 g/mol. The summed E-state index contributed by atoms with van der Waals surface area (Å²) in [5.74, 6) is -0.0803. The largest absolute Gasteiger partial charge is 0.322 e. The lowest BCUT2D eigenvalue weighted by molar-refractivity contribution is 0.102. The first kappa shape index (κ1) is 15.3. The fraction of sp³-hybridized carbons (Fsp3) is 0.278. The highest BCUT2D eigenvalue weighted by molar-refractivity contribution is 6.04. The van der Waals surface area contributed by atoms with Crippen LogP contribution in [0.15, 0.2) is 48.5 Å². The number of hydrogen-bond donors (Lipinski definition) is 2. The second-order valence-electron chi connectivity index (χ2n) is 5.22. The Labute approximate surface area is 126 Å². The summed E-state index contributed by atoms with van der Waals surface area (Å²) in [5, 5.41) is 6.32. The minimum Gasteiger partial charge on any atom is -0.322 e. The van der Waals surface area contributed by atoms with E-state index < -0.39 is 0 Å². The Morgan fingerprint density at radius 2 is 1.86 bits per heavy atom. The molecule has 3 nitrogen and oxygen atoms in total. The van der Waals surface area contributed by atoms with Gasteiger partial charge in [-0.25, -0.2) is 0 Å². The molecule has 0 saturated heterocycles. The van der Waals surface area contributed by atoms with Crippen LogP contribution >= 0.6 is 0 Å². The van der Waals surface area contributed by atoms with E-state index in [-0.39, 0.29) is 11.9 Å². The molecule has 21 heavy (non-hydrogen) atoms. The number of hydrogen-bond acceptors (Lipinski definition) is 2. The van der Waals surface area contributed by atoms with Gasteiger partial charge in [0.05, 0.1) is 0 Å². The van der Waals surface area contributed by atoms with Gasteiger partial charge in [-0.3, -0.25) is 4.79 Å². The summed E-state index contributed by atoms with van der Waals surface area (Å²) in [7, 11) is 0. The van der Waals surface area contributed by atoms with Crippen molar-refractivity contribution in [1.29, 1.82) is 0 Å². The Balaban J connectivity index is 2.10. The van der Waals surface area contributed by atoms with Gasteiger partial charge >= 0.3 is 0 Å². The van der Waals surface area contributed by atoms with Crippen LogP contribution in [0.25, 0.3) is 0 Å². The smallest absolute Gasteiger partial charge is 0.255 e. The van der Waals surface area contributed by atoms with Crippen LogP contribution in [0, 0.1) is 6.92 Å². The van der Waals surface area contributed by atoms with Crippen molar-refractivity contribution in [1.82, 2.24) is 5.32 Å². The van der Waals surface area contributed by atoms with Crippen molar-refractivity contribution in [3.8, 4) is 0 Å². The third-order valence-corrected chi connectivity index (χ3v) is 3.47. The number of carbonyl (C=O) groups is 1. The number of rotatable bonds is 5. The lowest BCUT2D eigenvalue weighted by Gasteiger charge is -2.14. The van der Waals surface area contributed by atoms with E-state index in [2.05, 4.69) is 30.5 Å². The summed E-state index contributed by atoms with van der Waals surface area (Å²) in [6, 6.07) is 15.8. The van der Waals surface area contributed by atoms with Crippen LogP contribution in [0.1, 0.15) is 41.4 Å². The molecule has 0 aliphatic carbocycles. The molecule has 2 N–H and O–H groups in total. The van der Waals surface area contributed by atoms with Gasteiger partial charge in [-0.05, 0) is 50.2 Å². The Hall–Kier alpha value is -2.13. The van der Waals surface area contributed by atoms with E-state index in [4.69, 9.17) is 0 Å². The molecule has 0 aliphatic heterocycles. The Bertz CT molecular complexity index is 605. The second kappa shape index (κ2) is 7.04. The first-order valence-electron chi connectivity index (χ1n) is 7.31. The normalized spacial score (nSPS) is 12.0. The van der Waals surface area contributed by atoms with Crippen molar-refractivity contribution in [3.63, 3.8) is 0 Å². The standard InChI is InChI=1S/C18H22N2O/c1-4-19-14(3)16-6-5-7-17(12-16)20-18(21)15-10-8-13(2)9-11-15/h5-12,14,19H,4H2,1-3H3,(H,20,21). The molecule has 1 atom stereocenters. The van der Waals surface area contributed by atoms with Crippen LogP contribution in [0.5, 0.6) is 0 Å². The van der Waals surface area contributed by atoms with E-state index in [9.17, 15) is 4.79 Å². The Kier molecular flexibility index (Phi) is 5.12. The zero-order valence-electron chi connectivity index (χ0n) is 12.8. The molecular formula is C18H22N2O. The fourth-order valence-electron chi connectivity index (χ4n) is 2.22. The van der Waals surface area contributed by atoms with Crippen LogP contribution in [0.2, 0.25) is 0 Å². The molecule has 0 radical (unpaired) electrons. The third kappa shape index (κ3) is 4.17. The highest BCUT2D eigenvalue weighted by Gasteiger charge is 2.08. The SMILES string of the molecule is CCNC(C)c1cccc(NC(=O)c2ccc(C)cc2)c1. The predicted molar refractivity (Wildman–Crippen MR) is 87.7 cm³/mol. The highest BCUT2D eigenvalue weighted by Crippen LogP contribution is 2.18.